The van der Waals surface area contributed by atoms with Crippen molar-refractivity contribution in [3.63, 3.8) is 0 Å². The summed E-state index contributed by atoms with van der Waals surface area (Å²) in [6.45, 7) is 4.96. The second kappa shape index (κ2) is 8.09. The minimum absolute atomic E-state index is 0.0479. The van der Waals surface area contributed by atoms with E-state index >= 15 is 0 Å². The number of nitrogens with zero attached hydrogens (tertiary/aromatic N) is 3. The molecule has 0 fully saturated rings. The minimum atomic E-state index is -3.30. The molecule has 1 aromatic carbocycles. The monoisotopic (exact) mass is 391 g/mol. The van der Waals surface area contributed by atoms with Crippen LogP contribution in [-0.2, 0) is 16.4 Å². The summed E-state index contributed by atoms with van der Waals surface area (Å²) in [5.41, 5.74) is 0. The lowest BCUT2D eigenvalue weighted by atomic mass is 10.2. The van der Waals surface area contributed by atoms with E-state index in [1.54, 1.807) is 36.6 Å². The van der Waals surface area contributed by atoms with E-state index in [4.69, 9.17) is 4.42 Å². The Morgan fingerprint density at radius 2 is 1.88 bits per heavy atom. The molecule has 0 aliphatic rings. The molecule has 2 heterocycles. The summed E-state index contributed by atoms with van der Waals surface area (Å²) in [7, 11) is -3.30. The highest BCUT2D eigenvalue weighted by Gasteiger charge is 2.19. The maximum atomic E-state index is 12.4. The Bertz CT molecular complexity index is 933. The second-order valence-electron chi connectivity index (χ2n) is 6.27. The third-order valence-electron chi connectivity index (χ3n) is 3.69. The molecular weight excluding hydrogens is 370 g/mol. The van der Waals surface area contributed by atoms with Crippen molar-refractivity contribution in [1.82, 2.24) is 14.8 Å². The summed E-state index contributed by atoms with van der Waals surface area (Å²) in [6.07, 6.45) is 1.60. The molecule has 0 spiro atoms. The van der Waals surface area contributed by atoms with Gasteiger partial charge in [0.1, 0.15) is 0 Å². The first-order chi connectivity index (χ1) is 12.5. The number of rotatable bonds is 8. The number of furan rings is 1. The fourth-order valence-corrected chi connectivity index (χ4v) is 5.12. The molecule has 6 nitrogen and oxygen atoms in total. The van der Waals surface area contributed by atoms with Gasteiger partial charge in [-0.15, -0.1) is 10.2 Å². The van der Waals surface area contributed by atoms with Gasteiger partial charge >= 0.3 is 0 Å². The van der Waals surface area contributed by atoms with E-state index in [2.05, 4.69) is 24.0 Å². The largest absolute Gasteiger partial charge is 0.461 e. The highest BCUT2D eigenvalue weighted by molar-refractivity contribution is 8.00. The van der Waals surface area contributed by atoms with E-state index < -0.39 is 9.84 Å². The van der Waals surface area contributed by atoms with Crippen LogP contribution in [-0.4, -0.2) is 34.7 Å². The van der Waals surface area contributed by atoms with Gasteiger partial charge in [0.2, 0.25) is 0 Å². The van der Waals surface area contributed by atoms with Crippen LogP contribution in [0.25, 0.3) is 11.6 Å². The molecule has 2 aromatic heterocycles. The summed E-state index contributed by atoms with van der Waals surface area (Å²) in [5.74, 6) is 2.17. The molecule has 0 saturated carbocycles. The number of hydrogen-bond acceptors (Lipinski definition) is 6. The average Bonchev–Trinajstić information content (AvgIpc) is 3.26. The minimum Gasteiger partial charge on any atom is -0.461 e. The van der Waals surface area contributed by atoms with E-state index in [1.807, 2.05) is 16.7 Å². The molecule has 3 aromatic rings. The molecule has 3 rings (SSSR count). The predicted molar refractivity (Wildman–Crippen MR) is 102 cm³/mol. The van der Waals surface area contributed by atoms with Crippen molar-refractivity contribution < 1.29 is 12.8 Å². The Labute approximate surface area is 157 Å². The molecule has 0 saturated heterocycles. The van der Waals surface area contributed by atoms with Crippen molar-refractivity contribution in [1.29, 1.82) is 0 Å². The first kappa shape index (κ1) is 18.7. The van der Waals surface area contributed by atoms with Gasteiger partial charge in [0.15, 0.2) is 26.6 Å². The normalized spacial score (nSPS) is 12.0. The van der Waals surface area contributed by atoms with Crippen LogP contribution in [0.3, 0.4) is 0 Å². The summed E-state index contributed by atoms with van der Waals surface area (Å²) in [4.78, 5) is 0.348. The Balaban J connectivity index is 1.74. The van der Waals surface area contributed by atoms with Crippen LogP contribution >= 0.6 is 11.8 Å². The van der Waals surface area contributed by atoms with Gasteiger partial charge in [0.25, 0.3) is 0 Å². The number of hydrogen-bond donors (Lipinski definition) is 0. The van der Waals surface area contributed by atoms with Crippen molar-refractivity contribution in [3.05, 3.63) is 48.7 Å². The Hall–Kier alpha value is -2.06. The number of sulfone groups is 1. The highest BCUT2D eigenvalue weighted by atomic mass is 32.2. The molecule has 0 amide bonds. The zero-order chi connectivity index (χ0) is 18.6. The van der Waals surface area contributed by atoms with Crippen LogP contribution in [0.5, 0.6) is 0 Å². The van der Waals surface area contributed by atoms with Gasteiger partial charge in [0, 0.05) is 12.3 Å². The predicted octanol–water partition coefficient (Wildman–Crippen LogP) is 3.76. The van der Waals surface area contributed by atoms with Gasteiger partial charge in [-0.1, -0.05) is 43.8 Å². The highest BCUT2D eigenvalue weighted by Crippen LogP contribution is 2.26. The van der Waals surface area contributed by atoms with Gasteiger partial charge in [-0.2, -0.15) is 0 Å². The fourth-order valence-electron chi connectivity index (χ4n) is 2.50. The quantitative estimate of drug-likeness (QED) is 0.544. The molecule has 26 heavy (non-hydrogen) atoms. The lowest BCUT2D eigenvalue weighted by molar-refractivity contribution is 0.489. The van der Waals surface area contributed by atoms with Crippen LogP contribution in [0.15, 0.2) is 63.2 Å². The zero-order valence-corrected chi connectivity index (χ0v) is 16.3. The van der Waals surface area contributed by atoms with Gasteiger partial charge in [-0.05, 0) is 30.2 Å². The van der Waals surface area contributed by atoms with Gasteiger partial charge in [0.05, 0.1) is 16.9 Å². The van der Waals surface area contributed by atoms with Gasteiger partial charge in [-0.25, -0.2) is 8.42 Å². The van der Waals surface area contributed by atoms with Crippen LogP contribution in [0.2, 0.25) is 0 Å². The van der Waals surface area contributed by atoms with Crippen molar-refractivity contribution >= 4 is 21.6 Å². The summed E-state index contributed by atoms with van der Waals surface area (Å²) < 4.78 is 32.2. The molecule has 0 aliphatic heterocycles. The van der Waals surface area contributed by atoms with Gasteiger partial charge in [-0.3, -0.25) is 4.57 Å². The van der Waals surface area contributed by atoms with Crippen molar-refractivity contribution in [3.8, 4) is 11.6 Å². The molecular formula is C18H21N3O3S2. The first-order valence-corrected chi connectivity index (χ1v) is 11.0. The van der Waals surface area contributed by atoms with E-state index in [9.17, 15) is 8.42 Å². The topological polar surface area (TPSA) is 78.0 Å². The standard InChI is InChI=1S/C18H21N3O3S2/c1-14(2)13-21-17(16-9-6-10-24-16)19-20-18(21)25-11-12-26(22,23)15-7-4-3-5-8-15/h3-10,14H,11-13H2,1-2H3. The van der Waals surface area contributed by atoms with Crippen molar-refractivity contribution in [2.24, 2.45) is 5.92 Å². The molecule has 0 N–H and O–H groups in total. The van der Waals surface area contributed by atoms with E-state index in [0.29, 0.717) is 33.3 Å². The molecule has 0 aliphatic carbocycles. The molecule has 8 heteroatoms. The first-order valence-electron chi connectivity index (χ1n) is 8.35. The smallest absolute Gasteiger partial charge is 0.200 e. The SMILES string of the molecule is CC(C)Cn1c(SCCS(=O)(=O)c2ccccc2)nnc1-c1ccco1. The van der Waals surface area contributed by atoms with Gasteiger partial charge < -0.3 is 4.42 Å². The lowest BCUT2D eigenvalue weighted by Crippen LogP contribution is -2.11. The Morgan fingerprint density at radius 1 is 1.12 bits per heavy atom. The zero-order valence-electron chi connectivity index (χ0n) is 14.7. The van der Waals surface area contributed by atoms with Crippen molar-refractivity contribution in [2.75, 3.05) is 11.5 Å². The summed E-state index contributed by atoms with van der Waals surface area (Å²) in [6, 6.07) is 12.2. The second-order valence-corrected chi connectivity index (χ2v) is 9.44. The molecule has 0 bridgehead atoms. The summed E-state index contributed by atoms with van der Waals surface area (Å²) in [5, 5.41) is 9.17. The van der Waals surface area contributed by atoms with Crippen LogP contribution in [0.4, 0.5) is 0 Å². The lowest BCUT2D eigenvalue weighted by Gasteiger charge is -2.11. The number of aromatic nitrogens is 3. The molecule has 0 atom stereocenters. The maximum absolute atomic E-state index is 12.4. The van der Waals surface area contributed by atoms with E-state index in [-0.39, 0.29) is 5.75 Å². The maximum Gasteiger partial charge on any atom is 0.200 e. The number of thioether (sulfide) groups is 1. The third kappa shape index (κ3) is 4.37. The average molecular weight is 392 g/mol. The third-order valence-corrected chi connectivity index (χ3v) is 6.65. The van der Waals surface area contributed by atoms with E-state index in [0.717, 1.165) is 6.54 Å². The molecule has 0 unspecified atom stereocenters. The Kier molecular flexibility index (Phi) is 5.83. The van der Waals surface area contributed by atoms with Crippen LogP contribution in [0, 0.1) is 5.92 Å². The fraction of sp³-hybridized carbons (Fsp3) is 0.333. The molecule has 138 valence electrons. The van der Waals surface area contributed by atoms with E-state index in [1.165, 1.54) is 11.8 Å². The van der Waals surface area contributed by atoms with Crippen molar-refractivity contribution in [2.45, 2.75) is 30.4 Å². The number of benzene rings is 1. The van der Waals surface area contributed by atoms with Crippen LogP contribution < -0.4 is 0 Å². The molecule has 0 radical (unpaired) electrons. The summed E-state index contributed by atoms with van der Waals surface area (Å²) >= 11 is 1.40. The van der Waals surface area contributed by atoms with Crippen LogP contribution in [0.1, 0.15) is 13.8 Å². The Morgan fingerprint density at radius 3 is 2.54 bits per heavy atom.